The van der Waals surface area contributed by atoms with Gasteiger partial charge in [-0.2, -0.15) is 0 Å². The lowest BCUT2D eigenvalue weighted by molar-refractivity contribution is -0.873. The molecule has 0 bridgehead atoms. The van der Waals surface area contributed by atoms with E-state index in [0.717, 1.165) is 24.8 Å². The molecular weight excluding hydrogens is 346 g/mol. The number of Topliss-reactive ketones (excluding diaryl/α,β-unsaturated/α-hetero) is 1. The Kier molecular flexibility index (Phi) is 6.46. The van der Waals surface area contributed by atoms with E-state index in [4.69, 9.17) is 0 Å². The van der Waals surface area contributed by atoms with Crippen molar-refractivity contribution in [2.24, 2.45) is 5.41 Å². The van der Waals surface area contributed by atoms with Gasteiger partial charge < -0.3 is 0 Å². The second kappa shape index (κ2) is 8.05. The van der Waals surface area contributed by atoms with Gasteiger partial charge in [0.25, 0.3) is 5.78 Å². The fourth-order valence-corrected chi connectivity index (χ4v) is 4.57. The summed E-state index contributed by atoms with van der Waals surface area (Å²) in [6.45, 7) is 8.26. The van der Waals surface area contributed by atoms with Crippen LogP contribution in [0.4, 0.5) is 0 Å². The van der Waals surface area contributed by atoms with Gasteiger partial charge in [0.2, 0.25) is 5.12 Å². The minimum atomic E-state index is -0.764. The van der Waals surface area contributed by atoms with Crippen molar-refractivity contribution in [2.75, 3.05) is 13.1 Å². The monoisotopic (exact) mass is 376 g/mol. The smallest absolute Gasteiger partial charge is 0.283 e. The summed E-state index contributed by atoms with van der Waals surface area (Å²) in [5, 5.41) is -0.304. The summed E-state index contributed by atoms with van der Waals surface area (Å²) < 4.78 is -0.0888. The highest BCUT2D eigenvalue weighted by molar-refractivity contribution is 7.96. The van der Waals surface area contributed by atoms with Crippen molar-refractivity contribution in [1.82, 2.24) is 0 Å². The van der Waals surface area contributed by atoms with E-state index < -0.39 is 23.1 Å². The molecule has 1 aromatic rings. The molecular formula is C21H30NO3S+. The van der Waals surface area contributed by atoms with Crippen LogP contribution in [-0.2, 0) is 14.4 Å². The van der Waals surface area contributed by atoms with Crippen LogP contribution in [0.25, 0.3) is 0 Å². The summed E-state index contributed by atoms with van der Waals surface area (Å²) >= 11 is 4.17. The molecule has 0 aliphatic carbocycles. The minimum Gasteiger partial charge on any atom is -0.283 e. The topological polar surface area (TPSA) is 51.2 Å². The maximum absolute atomic E-state index is 13.4. The van der Waals surface area contributed by atoms with Gasteiger partial charge in [0.05, 0.1) is 13.1 Å². The van der Waals surface area contributed by atoms with E-state index in [2.05, 4.69) is 12.6 Å². The molecule has 26 heavy (non-hydrogen) atoms. The van der Waals surface area contributed by atoms with Crippen molar-refractivity contribution >= 4 is 29.4 Å². The summed E-state index contributed by atoms with van der Waals surface area (Å²) in [7, 11) is 0. The minimum absolute atomic E-state index is 0.0888. The van der Waals surface area contributed by atoms with Crippen LogP contribution in [0.1, 0.15) is 58.4 Å². The van der Waals surface area contributed by atoms with Crippen LogP contribution in [0.15, 0.2) is 30.3 Å². The molecule has 3 atom stereocenters. The number of rotatable bonds is 5. The van der Waals surface area contributed by atoms with Crippen LogP contribution in [0, 0.1) is 5.41 Å². The quantitative estimate of drug-likeness (QED) is 0.484. The number of nitrogens with zero attached hydrogens (tertiary/aromatic N) is 1. The van der Waals surface area contributed by atoms with Gasteiger partial charge in [0.15, 0.2) is 6.04 Å². The standard InChI is InChI=1S/C21H29NO3S/c1-5-13-22(19(24)18(23)21(2,3)4)14-9-12-16(17(22)20(25)26)15-10-7-6-8-11-15/h6-8,10-11,16-17H,5,9,12-14H2,1-4H3/p+1. The zero-order valence-corrected chi connectivity index (χ0v) is 17.1. The molecule has 1 aliphatic rings. The number of hydrogen-bond donors (Lipinski definition) is 1. The number of amides is 1. The number of ketones is 1. The molecule has 142 valence electrons. The largest absolute Gasteiger partial charge is 0.382 e. The molecule has 4 nitrogen and oxygen atoms in total. The van der Waals surface area contributed by atoms with Gasteiger partial charge >= 0.3 is 5.91 Å². The average Bonchev–Trinajstić information content (AvgIpc) is 2.60. The van der Waals surface area contributed by atoms with Crippen molar-refractivity contribution in [2.45, 2.75) is 58.9 Å². The lowest BCUT2D eigenvalue weighted by atomic mass is 9.80. The van der Waals surface area contributed by atoms with Crippen LogP contribution in [0.5, 0.6) is 0 Å². The molecule has 2 rings (SSSR count). The number of carbonyl (C=O) groups excluding carboxylic acids is 3. The van der Waals surface area contributed by atoms with Crippen LogP contribution in [0.3, 0.4) is 0 Å². The Hall–Kier alpha value is -1.46. The predicted octanol–water partition coefficient (Wildman–Crippen LogP) is 3.76. The van der Waals surface area contributed by atoms with E-state index in [1.165, 1.54) is 0 Å². The molecule has 0 saturated carbocycles. The summed E-state index contributed by atoms with van der Waals surface area (Å²) in [4.78, 5) is 38.9. The fourth-order valence-electron chi connectivity index (χ4n) is 4.17. The Bertz CT molecular complexity index is 676. The van der Waals surface area contributed by atoms with Crippen molar-refractivity contribution in [3.63, 3.8) is 0 Å². The highest BCUT2D eigenvalue weighted by atomic mass is 32.1. The van der Waals surface area contributed by atoms with Gasteiger partial charge in [-0.05, 0) is 24.8 Å². The SMILES string of the molecule is CCC[N+]1(C(=O)C(=O)C(C)(C)C)CCCC(c2ccccc2)C1C(=O)S. The number of benzene rings is 1. The molecule has 1 aromatic carbocycles. The lowest BCUT2D eigenvalue weighted by Gasteiger charge is -2.47. The third-order valence-electron chi connectivity index (χ3n) is 5.37. The first-order valence-electron chi connectivity index (χ1n) is 9.39. The van der Waals surface area contributed by atoms with Gasteiger partial charge in [0.1, 0.15) is 0 Å². The molecule has 1 amide bonds. The highest BCUT2D eigenvalue weighted by Crippen LogP contribution is 2.40. The molecule has 1 aliphatic heterocycles. The fraction of sp³-hybridized carbons (Fsp3) is 0.571. The Labute approximate surface area is 162 Å². The maximum Gasteiger partial charge on any atom is 0.382 e. The van der Waals surface area contributed by atoms with E-state index in [0.29, 0.717) is 13.1 Å². The number of carbonyl (C=O) groups is 3. The summed E-state index contributed by atoms with van der Waals surface area (Å²) in [6.07, 6.45) is 2.35. The second-order valence-corrected chi connectivity index (χ2v) is 8.75. The summed E-state index contributed by atoms with van der Waals surface area (Å²) in [5.41, 5.74) is 0.272. The Morgan fingerprint density at radius 2 is 1.77 bits per heavy atom. The van der Waals surface area contributed by atoms with E-state index in [1.807, 2.05) is 37.3 Å². The van der Waals surface area contributed by atoms with Crippen LogP contribution >= 0.6 is 12.6 Å². The summed E-state index contributed by atoms with van der Waals surface area (Å²) in [5.74, 6) is -0.940. The van der Waals surface area contributed by atoms with E-state index >= 15 is 0 Å². The van der Waals surface area contributed by atoms with Crippen molar-refractivity contribution in [1.29, 1.82) is 0 Å². The molecule has 0 spiro atoms. The molecule has 1 heterocycles. The van der Waals surface area contributed by atoms with Crippen LogP contribution in [-0.4, -0.2) is 40.4 Å². The van der Waals surface area contributed by atoms with Crippen molar-refractivity contribution in [3.05, 3.63) is 35.9 Å². The third kappa shape index (κ3) is 3.94. The maximum atomic E-state index is 13.4. The average molecular weight is 377 g/mol. The van der Waals surface area contributed by atoms with Crippen molar-refractivity contribution < 1.29 is 18.9 Å². The molecule has 3 unspecified atom stereocenters. The van der Waals surface area contributed by atoms with E-state index in [9.17, 15) is 14.4 Å². The van der Waals surface area contributed by atoms with Gasteiger partial charge in [-0.25, -0.2) is 9.28 Å². The first kappa shape index (κ1) is 20.8. The number of thiol groups is 1. The van der Waals surface area contributed by atoms with Gasteiger partial charge in [-0.15, -0.1) is 0 Å². The highest BCUT2D eigenvalue weighted by Gasteiger charge is 2.56. The molecule has 0 aromatic heterocycles. The van der Waals surface area contributed by atoms with Gasteiger partial charge in [-0.3, -0.25) is 9.59 Å². The normalized spacial score (nSPS) is 26.3. The third-order valence-corrected chi connectivity index (χ3v) is 5.63. The summed E-state index contributed by atoms with van der Waals surface area (Å²) in [6, 6.07) is 9.20. The molecule has 0 N–H and O–H groups in total. The number of hydrogen-bond acceptors (Lipinski definition) is 3. The lowest BCUT2D eigenvalue weighted by Crippen LogP contribution is -2.68. The first-order valence-corrected chi connectivity index (χ1v) is 9.83. The molecule has 1 saturated heterocycles. The van der Waals surface area contributed by atoms with Gasteiger partial charge in [-0.1, -0.05) is 70.7 Å². The molecule has 5 heteroatoms. The van der Waals surface area contributed by atoms with Gasteiger partial charge in [0, 0.05) is 11.3 Å². The Morgan fingerprint density at radius 1 is 1.15 bits per heavy atom. The van der Waals surface area contributed by atoms with Crippen LogP contribution in [0.2, 0.25) is 0 Å². The predicted molar refractivity (Wildman–Crippen MR) is 106 cm³/mol. The van der Waals surface area contributed by atoms with E-state index in [-0.39, 0.29) is 15.5 Å². The zero-order chi connectivity index (χ0) is 19.5. The first-order chi connectivity index (χ1) is 12.1. The van der Waals surface area contributed by atoms with Crippen molar-refractivity contribution in [3.8, 4) is 0 Å². The van der Waals surface area contributed by atoms with Crippen LogP contribution < -0.4 is 0 Å². The van der Waals surface area contributed by atoms with E-state index in [1.54, 1.807) is 20.8 Å². The zero-order valence-electron chi connectivity index (χ0n) is 16.2. The Morgan fingerprint density at radius 3 is 2.27 bits per heavy atom. The number of likely N-dealkylation sites (tertiary alicyclic amines) is 1. The molecule has 1 fully saturated rings. The molecule has 0 radical (unpaired) electrons. The number of piperidine rings is 1. The second-order valence-electron chi connectivity index (χ2n) is 8.31. The Balaban J connectivity index is 2.56. The number of quaternary nitrogens is 1.